The molecule has 0 aromatic carbocycles. The van der Waals surface area contributed by atoms with Crippen molar-refractivity contribution in [3.63, 3.8) is 0 Å². The van der Waals surface area contributed by atoms with Crippen molar-refractivity contribution in [3.8, 4) is 11.3 Å². The van der Waals surface area contributed by atoms with Crippen molar-refractivity contribution in [2.45, 2.75) is 25.1 Å². The van der Waals surface area contributed by atoms with E-state index in [-0.39, 0.29) is 6.04 Å². The molecular weight excluding hydrogens is 385 g/mol. The van der Waals surface area contributed by atoms with E-state index in [0.29, 0.717) is 31.0 Å². The Bertz CT molecular complexity index is 1020. The van der Waals surface area contributed by atoms with Gasteiger partial charge in [-0.1, -0.05) is 6.07 Å². The van der Waals surface area contributed by atoms with Crippen LogP contribution in [0.3, 0.4) is 0 Å². The van der Waals surface area contributed by atoms with Crippen molar-refractivity contribution in [2.24, 2.45) is 0 Å². The fourth-order valence-corrected chi connectivity index (χ4v) is 3.50. The zero-order valence-electron chi connectivity index (χ0n) is 15.7. The van der Waals surface area contributed by atoms with Crippen LogP contribution in [0.1, 0.15) is 12.8 Å². The third kappa shape index (κ3) is 4.01. The second-order valence-corrected chi connectivity index (χ2v) is 7.01. The summed E-state index contributed by atoms with van der Waals surface area (Å²) in [6, 6.07) is 7.10. The number of amides is 1. The van der Waals surface area contributed by atoms with Gasteiger partial charge in [-0.05, 0) is 24.6 Å². The molecule has 0 spiro atoms. The number of hydrogen-bond acceptors (Lipinski definition) is 5. The van der Waals surface area contributed by atoms with E-state index < -0.39 is 18.5 Å². The molecule has 0 N–H and O–H groups in total. The maximum atomic E-state index is 12.5. The van der Waals surface area contributed by atoms with Crippen LogP contribution in [0.2, 0.25) is 0 Å². The van der Waals surface area contributed by atoms with Gasteiger partial charge < -0.3 is 9.80 Å². The summed E-state index contributed by atoms with van der Waals surface area (Å²) in [5, 5.41) is 4.30. The van der Waals surface area contributed by atoms with Crippen molar-refractivity contribution < 1.29 is 18.0 Å². The molecule has 1 atom stereocenters. The van der Waals surface area contributed by atoms with Gasteiger partial charge in [0, 0.05) is 32.5 Å². The Hall–Kier alpha value is -3.17. The van der Waals surface area contributed by atoms with E-state index in [1.165, 1.54) is 11.9 Å². The summed E-state index contributed by atoms with van der Waals surface area (Å²) in [5.74, 6) is -0.227. The predicted molar refractivity (Wildman–Crippen MR) is 100 cm³/mol. The van der Waals surface area contributed by atoms with E-state index in [1.54, 1.807) is 23.1 Å². The second-order valence-electron chi connectivity index (χ2n) is 7.01. The fourth-order valence-electron chi connectivity index (χ4n) is 3.50. The number of likely N-dealkylation sites (N-methyl/N-ethyl adjacent to an activating group) is 1. The molecule has 10 heteroatoms. The molecule has 0 bridgehead atoms. The van der Waals surface area contributed by atoms with Crippen molar-refractivity contribution in [3.05, 3.63) is 42.9 Å². The lowest BCUT2D eigenvalue weighted by molar-refractivity contribution is -0.161. The Kier molecular flexibility index (Phi) is 4.85. The first-order valence-electron chi connectivity index (χ1n) is 9.15. The molecule has 0 radical (unpaired) electrons. The molecule has 152 valence electrons. The van der Waals surface area contributed by atoms with Crippen LogP contribution in [0.5, 0.6) is 0 Å². The smallest absolute Gasteiger partial charge is 0.354 e. The Morgan fingerprint density at radius 2 is 2.14 bits per heavy atom. The lowest BCUT2D eigenvalue weighted by Gasteiger charge is -2.25. The number of carbonyl (C=O) groups is 1. The van der Waals surface area contributed by atoms with Crippen molar-refractivity contribution in [2.75, 3.05) is 25.0 Å². The lowest BCUT2D eigenvalue weighted by Crippen LogP contribution is -2.40. The first kappa shape index (κ1) is 19.2. The highest BCUT2D eigenvalue weighted by atomic mass is 19.4. The van der Waals surface area contributed by atoms with Gasteiger partial charge in [-0.15, -0.1) is 0 Å². The second kappa shape index (κ2) is 7.34. The van der Waals surface area contributed by atoms with Crippen LogP contribution in [-0.2, 0) is 4.79 Å². The van der Waals surface area contributed by atoms with Crippen molar-refractivity contribution in [1.29, 1.82) is 0 Å². The molecular formula is C19H19F3N6O. The van der Waals surface area contributed by atoms with Crippen molar-refractivity contribution >= 4 is 17.4 Å². The van der Waals surface area contributed by atoms with E-state index in [4.69, 9.17) is 4.98 Å². The van der Waals surface area contributed by atoms with Crippen molar-refractivity contribution in [1.82, 2.24) is 24.5 Å². The Morgan fingerprint density at radius 1 is 1.31 bits per heavy atom. The molecule has 4 rings (SSSR count). The van der Waals surface area contributed by atoms with E-state index in [0.717, 1.165) is 11.3 Å². The van der Waals surface area contributed by atoms with Gasteiger partial charge in [0.1, 0.15) is 12.2 Å². The van der Waals surface area contributed by atoms with Gasteiger partial charge in [-0.3, -0.25) is 9.78 Å². The average Bonchev–Trinajstić information content (AvgIpc) is 3.33. The van der Waals surface area contributed by atoms with Gasteiger partial charge in [-0.25, -0.2) is 9.50 Å². The van der Waals surface area contributed by atoms with Gasteiger partial charge >= 0.3 is 6.18 Å². The summed E-state index contributed by atoms with van der Waals surface area (Å²) >= 11 is 0. The third-order valence-electron chi connectivity index (χ3n) is 5.08. The SMILES string of the molecule is CN(C(=O)CC(F)(F)F)C1CCN(c2ccn3ncc(-c4ccccn4)c3n2)C1. The number of fused-ring (bicyclic) bond motifs is 1. The first-order valence-corrected chi connectivity index (χ1v) is 9.15. The van der Waals surface area contributed by atoms with Crippen LogP contribution in [0, 0.1) is 0 Å². The number of rotatable bonds is 4. The monoisotopic (exact) mass is 404 g/mol. The van der Waals surface area contributed by atoms with Gasteiger partial charge in [0.2, 0.25) is 5.91 Å². The van der Waals surface area contributed by atoms with Crippen LogP contribution in [0.15, 0.2) is 42.9 Å². The van der Waals surface area contributed by atoms with Crippen LogP contribution < -0.4 is 4.90 Å². The van der Waals surface area contributed by atoms with Gasteiger partial charge in [0.15, 0.2) is 5.65 Å². The van der Waals surface area contributed by atoms with E-state index in [2.05, 4.69) is 10.1 Å². The molecule has 1 unspecified atom stereocenters. The largest absolute Gasteiger partial charge is 0.397 e. The predicted octanol–water partition coefficient (Wildman–Crippen LogP) is 2.78. The molecule has 0 saturated carbocycles. The molecule has 0 aliphatic carbocycles. The molecule has 4 heterocycles. The Morgan fingerprint density at radius 3 is 2.86 bits per heavy atom. The van der Waals surface area contributed by atoms with Gasteiger partial charge in [0.25, 0.3) is 0 Å². The quantitative estimate of drug-likeness (QED) is 0.669. The van der Waals surface area contributed by atoms with Gasteiger partial charge in [-0.2, -0.15) is 18.3 Å². The van der Waals surface area contributed by atoms with Crippen LogP contribution >= 0.6 is 0 Å². The highest BCUT2D eigenvalue weighted by molar-refractivity contribution is 5.77. The number of aromatic nitrogens is 4. The molecule has 3 aromatic heterocycles. The molecule has 1 fully saturated rings. The van der Waals surface area contributed by atoms with Crippen LogP contribution in [0.4, 0.5) is 19.0 Å². The van der Waals surface area contributed by atoms with Crippen LogP contribution in [-0.4, -0.2) is 62.7 Å². The third-order valence-corrected chi connectivity index (χ3v) is 5.08. The molecule has 29 heavy (non-hydrogen) atoms. The number of hydrogen-bond donors (Lipinski definition) is 0. The summed E-state index contributed by atoms with van der Waals surface area (Å²) in [6.45, 7) is 1.03. The normalized spacial score (nSPS) is 17.1. The highest BCUT2D eigenvalue weighted by Crippen LogP contribution is 2.27. The number of carbonyl (C=O) groups excluding carboxylic acids is 1. The standard InChI is InChI=1S/C19H19F3N6O/c1-26(17(29)10-19(20,21)22)13-5-8-27(12-13)16-6-9-28-18(25-16)14(11-24-28)15-4-2-3-7-23-15/h2-4,6-7,9,11,13H,5,8,10,12H2,1H3. The highest BCUT2D eigenvalue weighted by Gasteiger charge is 2.36. The number of nitrogens with zero attached hydrogens (tertiary/aromatic N) is 6. The zero-order chi connectivity index (χ0) is 20.6. The minimum atomic E-state index is -4.50. The molecule has 7 nitrogen and oxygen atoms in total. The minimum Gasteiger partial charge on any atom is -0.354 e. The number of halogens is 3. The molecule has 1 amide bonds. The summed E-state index contributed by atoms with van der Waals surface area (Å²) < 4.78 is 39.2. The maximum Gasteiger partial charge on any atom is 0.397 e. The Labute approximate surface area is 164 Å². The molecule has 3 aromatic rings. The fraction of sp³-hybridized carbons (Fsp3) is 0.368. The number of anilines is 1. The van der Waals surface area contributed by atoms with E-state index >= 15 is 0 Å². The topological polar surface area (TPSA) is 66.6 Å². The van der Waals surface area contributed by atoms with Crippen LogP contribution in [0.25, 0.3) is 16.9 Å². The summed E-state index contributed by atoms with van der Waals surface area (Å²) in [5.41, 5.74) is 2.19. The first-order chi connectivity index (χ1) is 13.8. The van der Waals surface area contributed by atoms with E-state index in [9.17, 15) is 18.0 Å². The average molecular weight is 404 g/mol. The minimum absolute atomic E-state index is 0.289. The van der Waals surface area contributed by atoms with E-state index in [1.807, 2.05) is 29.2 Å². The van der Waals surface area contributed by atoms with Gasteiger partial charge in [0.05, 0.1) is 23.5 Å². The lowest BCUT2D eigenvalue weighted by atomic mass is 10.2. The Balaban J connectivity index is 1.53. The summed E-state index contributed by atoms with van der Waals surface area (Å²) in [4.78, 5) is 24.1. The number of pyridine rings is 1. The summed E-state index contributed by atoms with van der Waals surface area (Å²) in [7, 11) is 1.43. The molecule has 1 aliphatic rings. The number of alkyl halides is 3. The molecule has 1 saturated heterocycles. The maximum absolute atomic E-state index is 12.5. The molecule has 1 aliphatic heterocycles. The zero-order valence-corrected chi connectivity index (χ0v) is 15.7. The summed E-state index contributed by atoms with van der Waals surface area (Å²) in [6.07, 6.45) is -0.171.